The Balaban J connectivity index is 0.00000484. The van der Waals surface area contributed by atoms with Gasteiger partial charge in [-0.15, -0.1) is 6.58 Å². The van der Waals surface area contributed by atoms with Crippen LogP contribution in [0.4, 0.5) is 0 Å². The van der Waals surface area contributed by atoms with Crippen molar-refractivity contribution in [2.45, 2.75) is 39.5 Å². The molecule has 0 aromatic heterocycles. The molecule has 0 N–H and O–H groups in total. The van der Waals surface area contributed by atoms with Crippen LogP contribution < -0.4 is 34.7 Å². The molecule has 122 valence electrons. The molecule has 1 aliphatic rings. The molecule has 0 aromatic carbocycles. The predicted molar refractivity (Wildman–Crippen MR) is 77.6 cm³/mol. The van der Waals surface area contributed by atoms with Crippen LogP contribution in [0.15, 0.2) is 17.6 Å². The second-order valence-corrected chi connectivity index (χ2v) is 5.07. The molecule has 0 aromatic rings. The average Bonchev–Trinajstić information content (AvgIpc) is 2.47. The molecule has 0 saturated heterocycles. The monoisotopic (exact) mass is 332 g/mol. The molecule has 1 atom stereocenters. The zero-order chi connectivity index (χ0) is 16.8. The van der Waals surface area contributed by atoms with Gasteiger partial charge in [-0.25, -0.2) is 4.99 Å². The van der Waals surface area contributed by atoms with Gasteiger partial charge in [0, 0.05) is 0 Å². The van der Waals surface area contributed by atoms with E-state index in [2.05, 4.69) is 11.6 Å². The molecular formula is C15H21N2NaO5. The molecule has 1 rings (SSSR count). The molecule has 1 unspecified atom stereocenters. The third-order valence-electron chi connectivity index (χ3n) is 3.53. The van der Waals surface area contributed by atoms with E-state index in [0.29, 0.717) is 11.3 Å². The SMILES string of the molecule is C=CCC1(CCCC)C(=O)N=C([O-])N(CC(=O)OCC)C1=O.[Na+]. The van der Waals surface area contributed by atoms with E-state index in [4.69, 9.17) is 4.74 Å². The predicted octanol–water partition coefficient (Wildman–Crippen LogP) is -2.61. The fourth-order valence-corrected chi connectivity index (χ4v) is 2.38. The van der Waals surface area contributed by atoms with Crippen molar-refractivity contribution in [3.8, 4) is 0 Å². The maximum atomic E-state index is 12.7. The summed E-state index contributed by atoms with van der Waals surface area (Å²) in [5.74, 6) is -2.16. The molecule has 7 nitrogen and oxygen atoms in total. The first-order valence-corrected chi connectivity index (χ1v) is 7.31. The van der Waals surface area contributed by atoms with Gasteiger partial charge in [-0.3, -0.25) is 19.3 Å². The van der Waals surface area contributed by atoms with Crippen molar-refractivity contribution >= 4 is 23.8 Å². The molecule has 1 heterocycles. The zero-order valence-electron chi connectivity index (χ0n) is 14.0. The summed E-state index contributed by atoms with van der Waals surface area (Å²) in [4.78, 5) is 40.5. The normalized spacial score (nSPS) is 20.6. The van der Waals surface area contributed by atoms with E-state index >= 15 is 0 Å². The summed E-state index contributed by atoms with van der Waals surface area (Å²) in [5, 5.41) is 11.8. The number of nitrogens with zero attached hydrogens (tertiary/aromatic N) is 2. The Labute approximate surface area is 158 Å². The van der Waals surface area contributed by atoms with Crippen LogP contribution in [0.5, 0.6) is 0 Å². The number of aliphatic imine (C=N–C) groups is 1. The third kappa shape index (κ3) is 4.89. The van der Waals surface area contributed by atoms with Crippen molar-refractivity contribution in [3.05, 3.63) is 12.7 Å². The average molecular weight is 332 g/mol. The molecule has 0 radical (unpaired) electrons. The van der Waals surface area contributed by atoms with Crippen molar-refractivity contribution in [3.63, 3.8) is 0 Å². The number of hydrogen-bond donors (Lipinski definition) is 0. The molecule has 0 spiro atoms. The number of esters is 1. The van der Waals surface area contributed by atoms with Crippen LogP contribution in [0.1, 0.15) is 39.5 Å². The van der Waals surface area contributed by atoms with Gasteiger partial charge < -0.3 is 9.84 Å². The van der Waals surface area contributed by atoms with Crippen LogP contribution >= 0.6 is 0 Å². The number of rotatable bonds is 8. The first-order chi connectivity index (χ1) is 10.4. The third-order valence-corrected chi connectivity index (χ3v) is 3.53. The Hall–Kier alpha value is -1.18. The number of carbonyl (C=O) groups is 3. The minimum absolute atomic E-state index is 0. The first kappa shape index (κ1) is 21.8. The number of ether oxygens (including phenoxy) is 1. The topological polar surface area (TPSA) is 99.1 Å². The van der Waals surface area contributed by atoms with Crippen LogP contribution in [-0.4, -0.2) is 41.9 Å². The van der Waals surface area contributed by atoms with Crippen molar-refractivity contribution in [1.82, 2.24) is 4.90 Å². The number of amides is 2. The Bertz CT molecular complexity index is 506. The van der Waals surface area contributed by atoms with Crippen LogP contribution in [0.2, 0.25) is 0 Å². The van der Waals surface area contributed by atoms with E-state index < -0.39 is 35.8 Å². The molecule has 0 saturated carbocycles. The fraction of sp³-hybridized carbons (Fsp3) is 0.600. The van der Waals surface area contributed by atoms with Crippen LogP contribution in [-0.2, 0) is 19.1 Å². The maximum Gasteiger partial charge on any atom is 1.00 e. The summed E-state index contributed by atoms with van der Waals surface area (Å²) in [6, 6.07) is -1.01. The summed E-state index contributed by atoms with van der Waals surface area (Å²) in [7, 11) is 0. The zero-order valence-corrected chi connectivity index (χ0v) is 16.0. The van der Waals surface area contributed by atoms with E-state index in [1.807, 2.05) is 6.92 Å². The Kier molecular flexibility index (Phi) is 9.34. The number of hydrogen-bond acceptors (Lipinski definition) is 5. The smallest absolute Gasteiger partial charge is 0.846 e. The summed E-state index contributed by atoms with van der Waals surface area (Å²) in [6.45, 7) is 6.72. The quantitative estimate of drug-likeness (QED) is 0.210. The van der Waals surface area contributed by atoms with Gasteiger partial charge in [-0.2, -0.15) is 0 Å². The van der Waals surface area contributed by atoms with E-state index in [-0.39, 0.29) is 49.0 Å². The van der Waals surface area contributed by atoms with Gasteiger partial charge in [0.25, 0.3) is 5.91 Å². The minimum Gasteiger partial charge on any atom is -0.846 e. The van der Waals surface area contributed by atoms with Crippen LogP contribution in [0.25, 0.3) is 0 Å². The molecule has 23 heavy (non-hydrogen) atoms. The number of unbranched alkanes of at least 4 members (excludes halogenated alkanes) is 1. The Morgan fingerprint density at radius 1 is 1.43 bits per heavy atom. The van der Waals surface area contributed by atoms with Crippen molar-refractivity contribution in [2.24, 2.45) is 10.4 Å². The molecule has 0 bridgehead atoms. The van der Waals surface area contributed by atoms with Crippen molar-refractivity contribution < 1.29 is 53.8 Å². The van der Waals surface area contributed by atoms with E-state index in [9.17, 15) is 19.5 Å². The van der Waals surface area contributed by atoms with E-state index in [1.54, 1.807) is 6.92 Å². The molecule has 0 aliphatic carbocycles. The minimum atomic E-state index is -1.43. The van der Waals surface area contributed by atoms with Gasteiger partial charge in [0.05, 0.1) is 12.6 Å². The number of allylic oxidation sites excluding steroid dienone is 1. The van der Waals surface area contributed by atoms with Gasteiger partial charge in [0.15, 0.2) is 0 Å². The van der Waals surface area contributed by atoms with E-state index in [0.717, 1.165) is 6.42 Å². The molecule has 0 fully saturated rings. The van der Waals surface area contributed by atoms with Gasteiger partial charge in [-0.05, 0) is 19.8 Å². The van der Waals surface area contributed by atoms with Crippen molar-refractivity contribution in [2.75, 3.05) is 13.2 Å². The summed E-state index contributed by atoms with van der Waals surface area (Å²) >= 11 is 0. The van der Waals surface area contributed by atoms with Crippen LogP contribution in [0, 0.1) is 5.41 Å². The number of carbonyl (C=O) groups excluding carboxylic acids is 3. The second kappa shape index (κ2) is 9.85. The fourth-order valence-electron chi connectivity index (χ4n) is 2.38. The Morgan fingerprint density at radius 3 is 2.61 bits per heavy atom. The van der Waals surface area contributed by atoms with Gasteiger partial charge >= 0.3 is 35.5 Å². The molecule has 1 aliphatic heterocycles. The first-order valence-electron chi connectivity index (χ1n) is 7.31. The largest absolute Gasteiger partial charge is 1.00 e. The van der Waals surface area contributed by atoms with E-state index in [1.165, 1.54) is 6.08 Å². The van der Waals surface area contributed by atoms with Crippen LogP contribution in [0.3, 0.4) is 0 Å². The molecule has 2 amide bonds. The molecule has 8 heteroatoms. The second-order valence-electron chi connectivity index (χ2n) is 5.07. The number of amidine groups is 1. The molecular weight excluding hydrogens is 311 g/mol. The maximum absolute atomic E-state index is 12.7. The van der Waals surface area contributed by atoms with Crippen molar-refractivity contribution in [1.29, 1.82) is 0 Å². The standard InChI is InChI=1S/C15H22N2O5.Na/c1-4-7-9-15(8-5-2)12(19)16-14(21)17(13(15)20)10-11(18)22-6-3;/h5H,2,4,6-10H2,1,3H3,(H,16,19,21);/q;+1/p-1. The summed E-state index contributed by atoms with van der Waals surface area (Å²) in [6.07, 6.45) is 3.22. The summed E-state index contributed by atoms with van der Waals surface area (Å²) in [5.41, 5.74) is -1.43. The van der Waals surface area contributed by atoms with Gasteiger partial charge in [-0.1, -0.05) is 25.8 Å². The van der Waals surface area contributed by atoms with Gasteiger partial charge in [0.1, 0.15) is 12.0 Å². The summed E-state index contributed by atoms with van der Waals surface area (Å²) < 4.78 is 4.75. The van der Waals surface area contributed by atoms with Gasteiger partial charge in [0.2, 0.25) is 5.91 Å². The Morgan fingerprint density at radius 2 is 2.09 bits per heavy atom.